The molecule has 22 heavy (non-hydrogen) atoms. The third-order valence-corrected chi connectivity index (χ3v) is 4.33. The van der Waals surface area contributed by atoms with Crippen LogP contribution in [0, 0.1) is 0 Å². The predicted octanol–water partition coefficient (Wildman–Crippen LogP) is 2.32. The Balaban J connectivity index is 2.03. The minimum Gasteiger partial charge on any atom is -0.480 e. The smallest absolute Gasteiger partial charge is 0.329 e. The van der Waals surface area contributed by atoms with Crippen LogP contribution in [0.5, 0.6) is 0 Å². The van der Waals surface area contributed by atoms with Crippen LogP contribution in [-0.4, -0.2) is 35.7 Å². The summed E-state index contributed by atoms with van der Waals surface area (Å²) in [6.45, 7) is 2.76. The minimum absolute atomic E-state index is 0.104. The highest BCUT2D eigenvalue weighted by atomic mass is 16.5. The van der Waals surface area contributed by atoms with E-state index in [2.05, 4.69) is 5.32 Å². The first-order valence-corrected chi connectivity index (χ1v) is 7.74. The van der Waals surface area contributed by atoms with Crippen molar-refractivity contribution < 1.29 is 19.4 Å². The number of carbonyl (C=O) groups excluding carboxylic acids is 1. The van der Waals surface area contributed by atoms with E-state index in [1.54, 1.807) is 0 Å². The molecule has 5 nitrogen and oxygen atoms in total. The van der Waals surface area contributed by atoms with Gasteiger partial charge in [0.2, 0.25) is 5.91 Å². The molecule has 1 aromatic rings. The van der Waals surface area contributed by atoms with E-state index in [9.17, 15) is 14.7 Å². The average Bonchev–Trinajstić information content (AvgIpc) is 2.54. The van der Waals surface area contributed by atoms with Gasteiger partial charge in [-0.05, 0) is 17.9 Å². The van der Waals surface area contributed by atoms with Crippen LogP contribution in [0.3, 0.4) is 0 Å². The van der Waals surface area contributed by atoms with Gasteiger partial charge in [-0.25, -0.2) is 4.79 Å². The number of hydrogen-bond acceptors (Lipinski definition) is 3. The maximum absolute atomic E-state index is 12.3. The van der Waals surface area contributed by atoms with E-state index in [1.807, 2.05) is 37.3 Å². The highest BCUT2D eigenvalue weighted by Crippen LogP contribution is 2.25. The topological polar surface area (TPSA) is 75.6 Å². The van der Waals surface area contributed by atoms with Gasteiger partial charge in [0.05, 0.1) is 0 Å². The van der Waals surface area contributed by atoms with Crippen LogP contribution in [0.1, 0.15) is 44.1 Å². The van der Waals surface area contributed by atoms with Gasteiger partial charge in [-0.3, -0.25) is 4.79 Å². The molecule has 5 heteroatoms. The summed E-state index contributed by atoms with van der Waals surface area (Å²) in [6.07, 6.45) is 1.77. The molecule has 1 unspecified atom stereocenters. The van der Waals surface area contributed by atoms with Crippen LogP contribution in [0.2, 0.25) is 0 Å². The minimum atomic E-state index is -1.18. The van der Waals surface area contributed by atoms with E-state index in [0.717, 1.165) is 12.0 Å². The second kappa shape index (κ2) is 7.40. The van der Waals surface area contributed by atoms with Crippen molar-refractivity contribution in [2.24, 2.45) is 0 Å². The molecule has 2 rings (SSSR count). The maximum atomic E-state index is 12.3. The van der Waals surface area contributed by atoms with Crippen LogP contribution in [-0.2, 0) is 14.3 Å². The summed E-state index contributed by atoms with van der Waals surface area (Å²) < 4.78 is 5.21. The zero-order valence-corrected chi connectivity index (χ0v) is 12.9. The molecule has 0 bridgehead atoms. The SMILES string of the molecule is CCC(CC(=O)NC1(C(=O)O)CCOCC1)c1ccccc1. The molecule has 1 fully saturated rings. The molecule has 1 aliphatic rings. The van der Waals surface area contributed by atoms with E-state index in [0.29, 0.717) is 32.5 Å². The molecule has 0 radical (unpaired) electrons. The Morgan fingerprint density at radius 2 is 1.91 bits per heavy atom. The highest BCUT2D eigenvalue weighted by molar-refractivity contribution is 5.87. The summed E-state index contributed by atoms with van der Waals surface area (Å²) in [7, 11) is 0. The Labute approximate surface area is 130 Å². The largest absolute Gasteiger partial charge is 0.480 e. The Morgan fingerprint density at radius 3 is 2.45 bits per heavy atom. The van der Waals surface area contributed by atoms with Gasteiger partial charge in [-0.2, -0.15) is 0 Å². The molecule has 1 heterocycles. The number of nitrogens with one attached hydrogen (secondary N) is 1. The summed E-state index contributed by atoms with van der Waals surface area (Å²) in [5.41, 5.74) is -0.0684. The quantitative estimate of drug-likeness (QED) is 0.845. The zero-order valence-electron chi connectivity index (χ0n) is 12.9. The lowest BCUT2D eigenvalue weighted by atomic mass is 9.88. The second-order valence-corrected chi connectivity index (χ2v) is 5.77. The standard InChI is InChI=1S/C17H23NO4/c1-2-13(14-6-4-3-5-7-14)12-15(19)18-17(16(20)21)8-10-22-11-9-17/h3-7,13H,2,8-12H2,1H3,(H,18,19)(H,20,21). The van der Waals surface area contributed by atoms with Crippen molar-refractivity contribution >= 4 is 11.9 Å². The molecule has 2 N–H and O–H groups in total. The monoisotopic (exact) mass is 305 g/mol. The maximum Gasteiger partial charge on any atom is 0.329 e. The van der Waals surface area contributed by atoms with Gasteiger partial charge in [-0.15, -0.1) is 0 Å². The van der Waals surface area contributed by atoms with Crippen molar-refractivity contribution in [3.63, 3.8) is 0 Å². The molecular weight excluding hydrogens is 282 g/mol. The Hall–Kier alpha value is -1.88. The predicted molar refractivity (Wildman–Crippen MR) is 82.7 cm³/mol. The second-order valence-electron chi connectivity index (χ2n) is 5.77. The number of carboxylic acids is 1. The van der Waals surface area contributed by atoms with Gasteiger partial charge < -0.3 is 15.2 Å². The Kier molecular flexibility index (Phi) is 5.55. The molecule has 1 saturated heterocycles. The van der Waals surface area contributed by atoms with E-state index in [-0.39, 0.29) is 11.8 Å². The fraction of sp³-hybridized carbons (Fsp3) is 0.529. The lowest BCUT2D eigenvalue weighted by Gasteiger charge is -2.34. The lowest BCUT2D eigenvalue weighted by molar-refractivity contribution is -0.152. The molecule has 1 atom stereocenters. The number of aliphatic carboxylic acids is 1. The summed E-state index contributed by atoms with van der Waals surface area (Å²) in [4.78, 5) is 23.9. The summed E-state index contributed by atoms with van der Waals surface area (Å²) in [5.74, 6) is -1.08. The summed E-state index contributed by atoms with van der Waals surface area (Å²) in [5, 5.41) is 12.2. The van der Waals surface area contributed by atoms with Crippen LogP contribution in [0.15, 0.2) is 30.3 Å². The van der Waals surface area contributed by atoms with Crippen LogP contribution in [0.4, 0.5) is 0 Å². The van der Waals surface area contributed by atoms with Crippen molar-refractivity contribution in [1.29, 1.82) is 0 Å². The lowest BCUT2D eigenvalue weighted by Crippen LogP contribution is -2.57. The molecule has 1 aliphatic heterocycles. The zero-order chi connectivity index (χ0) is 16.0. The van der Waals surface area contributed by atoms with Gasteiger partial charge in [-0.1, -0.05) is 37.3 Å². The number of rotatable bonds is 6. The Bertz CT molecular complexity index is 509. The normalized spacial score (nSPS) is 18.4. The Morgan fingerprint density at radius 1 is 1.27 bits per heavy atom. The molecule has 120 valence electrons. The van der Waals surface area contributed by atoms with E-state index < -0.39 is 11.5 Å². The van der Waals surface area contributed by atoms with Gasteiger partial charge in [0.25, 0.3) is 0 Å². The van der Waals surface area contributed by atoms with Crippen molar-refractivity contribution in [2.75, 3.05) is 13.2 Å². The van der Waals surface area contributed by atoms with Crippen molar-refractivity contribution in [3.8, 4) is 0 Å². The van der Waals surface area contributed by atoms with E-state index in [4.69, 9.17) is 4.74 Å². The fourth-order valence-electron chi connectivity index (χ4n) is 2.88. The third kappa shape index (κ3) is 3.85. The van der Waals surface area contributed by atoms with E-state index >= 15 is 0 Å². The van der Waals surface area contributed by atoms with Crippen LogP contribution in [0.25, 0.3) is 0 Å². The number of ether oxygens (including phenoxy) is 1. The van der Waals surface area contributed by atoms with Gasteiger partial charge >= 0.3 is 5.97 Å². The van der Waals surface area contributed by atoms with Crippen molar-refractivity contribution in [1.82, 2.24) is 5.32 Å². The first-order chi connectivity index (χ1) is 10.6. The van der Waals surface area contributed by atoms with Gasteiger partial charge in [0, 0.05) is 32.5 Å². The number of benzene rings is 1. The van der Waals surface area contributed by atoms with Gasteiger partial charge in [0.15, 0.2) is 0 Å². The molecule has 0 spiro atoms. The first-order valence-electron chi connectivity index (χ1n) is 7.74. The van der Waals surface area contributed by atoms with E-state index in [1.165, 1.54) is 0 Å². The molecular formula is C17H23NO4. The summed E-state index contributed by atoms with van der Waals surface area (Å²) in [6, 6.07) is 9.85. The third-order valence-electron chi connectivity index (χ3n) is 4.33. The van der Waals surface area contributed by atoms with Crippen molar-refractivity contribution in [2.45, 2.75) is 44.1 Å². The fourth-order valence-corrected chi connectivity index (χ4v) is 2.88. The number of carbonyl (C=O) groups is 2. The molecule has 1 aromatic carbocycles. The average molecular weight is 305 g/mol. The van der Waals surface area contributed by atoms with Crippen molar-refractivity contribution in [3.05, 3.63) is 35.9 Å². The number of amides is 1. The van der Waals surface area contributed by atoms with Gasteiger partial charge in [0.1, 0.15) is 5.54 Å². The molecule has 0 aromatic heterocycles. The molecule has 1 amide bonds. The first kappa shape index (κ1) is 16.5. The van der Waals surface area contributed by atoms with Crippen LogP contribution >= 0.6 is 0 Å². The molecule has 0 aliphatic carbocycles. The number of carboxylic acid groups (broad SMARTS) is 1. The van der Waals surface area contributed by atoms with Crippen LogP contribution < -0.4 is 5.32 Å². The summed E-state index contributed by atoms with van der Waals surface area (Å²) >= 11 is 0. The molecule has 0 saturated carbocycles. The number of hydrogen-bond donors (Lipinski definition) is 2. The highest BCUT2D eigenvalue weighted by Gasteiger charge is 2.41.